The van der Waals surface area contributed by atoms with Gasteiger partial charge in [0.2, 0.25) is 5.91 Å². The van der Waals surface area contributed by atoms with Crippen LogP contribution in [0.1, 0.15) is 18.1 Å². The Morgan fingerprint density at radius 2 is 2.24 bits per heavy atom. The fourth-order valence-electron chi connectivity index (χ4n) is 3.19. The molecule has 10 nitrogen and oxygen atoms in total. The van der Waals surface area contributed by atoms with Crippen LogP contribution in [0.25, 0.3) is 11.0 Å². The summed E-state index contributed by atoms with van der Waals surface area (Å²) in [5.41, 5.74) is 0.235. The first kappa shape index (κ1) is 15.5. The number of nitrogens with zero attached hydrogens (tertiary/aromatic N) is 7. The summed E-state index contributed by atoms with van der Waals surface area (Å²) >= 11 is 0. The third-order valence-corrected chi connectivity index (χ3v) is 4.53. The summed E-state index contributed by atoms with van der Waals surface area (Å²) in [6, 6.07) is 0.000448. The zero-order valence-corrected chi connectivity index (χ0v) is 14.0. The monoisotopic (exact) mass is 342 g/mol. The van der Waals surface area contributed by atoms with Crippen molar-refractivity contribution >= 4 is 16.9 Å². The predicted octanol–water partition coefficient (Wildman–Crippen LogP) is -0.839. The summed E-state index contributed by atoms with van der Waals surface area (Å²) in [7, 11) is 1.72. The van der Waals surface area contributed by atoms with Gasteiger partial charge in [-0.05, 0) is 13.3 Å². The van der Waals surface area contributed by atoms with Gasteiger partial charge in [0.05, 0.1) is 6.20 Å². The van der Waals surface area contributed by atoms with Gasteiger partial charge in [0.15, 0.2) is 5.65 Å². The van der Waals surface area contributed by atoms with Gasteiger partial charge < -0.3 is 9.88 Å². The van der Waals surface area contributed by atoms with E-state index < -0.39 is 0 Å². The summed E-state index contributed by atoms with van der Waals surface area (Å²) in [6.45, 7) is 2.48. The molecular weight excluding hydrogens is 324 g/mol. The van der Waals surface area contributed by atoms with Crippen LogP contribution < -0.4 is 10.9 Å². The molecule has 1 amide bonds. The second-order valence-electron chi connectivity index (χ2n) is 6.26. The van der Waals surface area contributed by atoms with E-state index in [-0.39, 0.29) is 24.1 Å². The number of hydrogen-bond donors (Lipinski definition) is 1. The van der Waals surface area contributed by atoms with E-state index in [1.807, 2.05) is 11.5 Å². The molecule has 0 spiro atoms. The summed E-state index contributed by atoms with van der Waals surface area (Å²) < 4.78 is 4.85. The van der Waals surface area contributed by atoms with Crippen LogP contribution in [0.5, 0.6) is 0 Å². The summed E-state index contributed by atoms with van der Waals surface area (Å²) in [4.78, 5) is 29.0. The van der Waals surface area contributed by atoms with E-state index in [0.29, 0.717) is 17.6 Å². The molecule has 0 bridgehead atoms. The van der Waals surface area contributed by atoms with Gasteiger partial charge in [0, 0.05) is 26.1 Å². The summed E-state index contributed by atoms with van der Waals surface area (Å²) in [5.74, 6) is 1.58. The van der Waals surface area contributed by atoms with Crippen molar-refractivity contribution in [3.63, 3.8) is 0 Å². The van der Waals surface area contributed by atoms with E-state index in [1.54, 1.807) is 7.05 Å². The predicted molar refractivity (Wildman–Crippen MR) is 87.8 cm³/mol. The number of aromatic nitrogens is 7. The molecule has 1 N–H and O–H groups in total. The molecule has 0 aromatic carbocycles. The van der Waals surface area contributed by atoms with Crippen molar-refractivity contribution in [3.05, 3.63) is 34.5 Å². The first-order chi connectivity index (χ1) is 12.0. The van der Waals surface area contributed by atoms with Gasteiger partial charge in [-0.2, -0.15) is 5.10 Å². The smallest absolute Gasteiger partial charge is 0.264 e. The lowest BCUT2D eigenvalue weighted by molar-refractivity contribution is -0.122. The molecule has 130 valence electrons. The average molecular weight is 342 g/mol. The molecule has 0 saturated heterocycles. The SMILES string of the molecule is Cc1nnc2n1CC(NC(=O)Cn1cnc3c(cnn3C)c1=O)CC2. The van der Waals surface area contributed by atoms with Gasteiger partial charge in [-0.3, -0.25) is 18.8 Å². The molecule has 1 atom stereocenters. The van der Waals surface area contributed by atoms with Crippen molar-refractivity contribution in [2.45, 2.75) is 38.9 Å². The fourth-order valence-corrected chi connectivity index (χ4v) is 3.19. The molecule has 1 aliphatic heterocycles. The third-order valence-electron chi connectivity index (χ3n) is 4.53. The Bertz CT molecular complexity index is 1010. The zero-order chi connectivity index (χ0) is 17.6. The second-order valence-corrected chi connectivity index (χ2v) is 6.26. The van der Waals surface area contributed by atoms with Gasteiger partial charge >= 0.3 is 0 Å². The molecule has 0 aliphatic carbocycles. The van der Waals surface area contributed by atoms with Crippen molar-refractivity contribution in [2.24, 2.45) is 7.05 Å². The average Bonchev–Trinajstić information content (AvgIpc) is 3.14. The van der Waals surface area contributed by atoms with Crippen LogP contribution in [0.4, 0.5) is 0 Å². The highest BCUT2D eigenvalue weighted by Crippen LogP contribution is 2.14. The number of nitrogens with one attached hydrogen (secondary N) is 1. The fraction of sp³-hybridized carbons (Fsp3) is 0.467. The number of rotatable bonds is 3. The summed E-state index contributed by atoms with van der Waals surface area (Å²) in [6.07, 6.45) is 4.43. The Balaban J connectivity index is 1.47. The molecule has 10 heteroatoms. The quantitative estimate of drug-likeness (QED) is 0.664. The molecule has 1 aliphatic rings. The lowest BCUT2D eigenvalue weighted by atomic mass is 10.1. The van der Waals surface area contributed by atoms with E-state index in [2.05, 4.69) is 25.6 Å². The molecular formula is C15H18N8O2. The van der Waals surface area contributed by atoms with E-state index in [4.69, 9.17) is 0 Å². The Morgan fingerprint density at radius 1 is 1.40 bits per heavy atom. The first-order valence-electron chi connectivity index (χ1n) is 8.08. The maximum atomic E-state index is 12.4. The van der Waals surface area contributed by atoms with Gasteiger partial charge in [-0.25, -0.2) is 4.98 Å². The number of fused-ring (bicyclic) bond motifs is 2. The second kappa shape index (κ2) is 5.80. The molecule has 4 rings (SSSR count). The van der Waals surface area contributed by atoms with Crippen LogP contribution in [-0.4, -0.2) is 46.0 Å². The van der Waals surface area contributed by atoms with Crippen molar-refractivity contribution in [2.75, 3.05) is 0 Å². The topological polar surface area (TPSA) is 113 Å². The first-order valence-corrected chi connectivity index (χ1v) is 8.08. The lowest BCUT2D eigenvalue weighted by Crippen LogP contribution is -2.43. The number of aryl methyl sites for hydroxylation is 3. The maximum absolute atomic E-state index is 12.4. The number of carbonyl (C=O) groups is 1. The highest BCUT2D eigenvalue weighted by atomic mass is 16.2. The van der Waals surface area contributed by atoms with Gasteiger partial charge in [0.25, 0.3) is 5.56 Å². The van der Waals surface area contributed by atoms with Crippen molar-refractivity contribution in [1.82, 2.24) is 39.4 Å². The summed E-state index contributed by atoms with van der Waals surface area (Å²) in [5, 5.41) is 15.6. The van der Waals surface area contributed by atoms with Crippen LogP contribution in [0.2, 0.25) is 0 Å². The number of hydrogen-bond acceptors (Lipinski definition) is 6. The number of amides is 1. The Kier molecular flexibility index (Phi) is 3.59. The molecule has 3 aromatic heterocycles. The van der Waals surface area contributed by atoms with Crippen LogP contribution in [0.3, 0.4) is 0 Å². The molecule has 25 heavy (non-hydrogen) atoms. The third kappa shape index (κ3) is 2.69. The molecule has 1 unspecified atom stereocenters. The standard InChI is InChI=1S/C15H18N8O2/c1-9-19-20-12-4-3-10(6-23(9)12)18-13(24)7-22-8-16-14-11(15(22)25)5-17-21(14)2/h5,8,10H,3-4,6-7H2,1-2H3,(H,18,24). The van der Waals surface area contributed by atoms with Crippen LogP contribution >= 0.6 is 0 Å². The Morgan fingerprint density at radius 3 is 3.08 bits per heavy atom. The van der Waals surface area contributed by atoms with Gasteiger partial charge in [-0.15, -0.1) is 10.2 Å². The van der Waals surface area contributed by atoms with Crippen LogP contribution in [-0.2, 0) is 31.4 Å². The van der Waals surface area contributed by atoms with Crippen molar-refractivity contribution in [3.8, 4) is 0 Å². The Labute approximate surface area is 142 Å². The lowest BCUT2D eigenvalue weighted by Gasteiger charge is -2.25. The van der Waals surface area contributed by atoms with Crippen LogP contribution in [0.15, 0.2) is 17.3 Å². The molecule has 0 radical (unpaired) electrons. The largest absolute Gasteiger partial charge is 0.350 e. The minimum atomic E-state index is -0.270. The van der Waals surface area contributed by atoms with Crippen molar-refractivity contribution in [1.29, 1.82) is 0 Å². The molecule has 0 saturated carbocycles. The van der Waals surface area contributed by atoms with E-state index in [9.17, 15) is 9.59 Å². The van der Waals surface area contributed by atoms with E-state index in [0.717, 1.165) is 24.5 Å². The molecule has 3 aromatic rings. The highest BCUT2D eigenvalue weighted by Gasteiger charge is 2.23. The molecule has 0 fully saturated rings. The Hall–Kier alpha value is -3.04. The highest BCUT2D eigenvalue weighted by molar-refractivity contribution is 5.77. The minimum absolute atomic E-state index is 0.000448. The normalized spacial score (nSPS) is 16.8. The maximum Gasteiger partial charge on any atom is 0.264 e. The van der Waals surface area contributed by atoms with Crippen molar-refractivity contribution < 1.29 is 4.79 Å². The van der Waals surface area contributed by atoms with E-state index >= 15 is 0 Å². The van der Waals surface area contributed by atoms with Gasteiger partial charge in [0.1, 0.15) is 29.9 Å². The molecule has 4 heterocycles. The van der Waals surface area contributed by atoms with E-state index in [1.165, 1.54) is 21.8 Å². The number of carbonyl (C=O) groups excluding carboxylic acids is 1. The minimum Gasteiger partial charge on any atom is -0.350 e. The zero-order valence-electron chi connectivity index (χ0n) is 14.0. The van der Waals surface area contributed by atoms with Crippen LogP contribution in [0, 0.1) is 6.92 Å². The van der Waals surface area contributed by atoms with Gasteiger partial charge in [-0.1, -0.05) is 0 Å².